The zero-order valence-electron chi connectivity index (χ0n) is 16.4. The average molecular weight is 435 g/mol. The van der Waals surface area contributed by atoms with Crippen LogP contribution < -0.4 is 8.61 Å². The number of amides is 1. The van der Waals surface area contributed by atoms with Crippen molar-refractivity contribution < 1.29 is 21.6 Å². The summed E-state index contributed by atoms with van der Waals surface area (Å²) in [6, 6.07) is 12.6. The lowest BCUT2D eigenvalue weighted by Gasteiger charge is -2.25. The van der Waals surface area contributed by atoms with Crippen molar-refractivity contribution >= 4 is 37.3 Å². The van der Waals surface area contributed by atoms with Crippen molar-refractivity contribution in [1.29, 1.82) is 0 Å². The summed E-state index contributed by atoms with van der Waals surface area (Å²) < 4.78 is 53.6. The molecule has 7 nitrogen and oxygen atoms in total. The Morgan fingerprint density at radius 2 is 1.66 bits per heavy atom. The Kier molecular flexibility index (Phi) is 4.33. The topological polar surface area (TPSA) is 91.8 Å². The van der Waals surface area contributed by atoms with Crippen LogP contribution >= 0.6 is 0 Å². The fraction of sp³-hybridized carbons (Fsp3) is 0.350. The third-order valence-corrected chi connectivity index (χ3v) is 9.32. The molecule has 0 bridgehead atoms. The van der Waals surface area contributed by atoms with E-state index in [0.717, 1.165) is 9.87 Å². The lowest BCUT2D eigenvalue weighted by atomic mass is 9.95. The molecule has 4 rings (SSSR count). The standard InChI is InChI=1S/C20H22N2O5S2/c1-14-12-15-6-4-5-7-18(15)21(14)29(26,27)17-10-8-16(9-11-17)22-19(23)20(2,3)13-28(22,24)25/h4-11,14H,12-13H2,1-3H3. The average Bonchev–Trinajstić information content (AvgIpc) is 3.04. The summed E-state index contributed by atoms with van der Waals surface area (Å²) in [4.78, 5) is 12.6. The van der Waals surface area contributed by atoms with Crippen LogP contribution in [-0.4, -0.2) is 34.5 Å². The maximum Gasteiger partial charge on any atom is 0.264 e. The van der Waals surface area contributed by atoms with Gasteiger partial charge in [-0.3, -0.25) is 9.10 Å². The molecule has 0 saturated carbocycles. The molecule has 29 heavy (non-hydrogen) atoms. The number of hydrogen-bond donors (Lipinski definition) is 0. The maximum absolute atomic E-state index is 13.3. The van der Waals surface area contributed by atoms with Gasteiger partial charge in [0.1, 0.15) is 0 Å². The van der Waals surface area contributed by atoms with Crippen molar-refractivity contribution in [2.24, 2.45) is 5.41 Å². The molecule has 9 heteroatoms. The van der Waals surface area contributed by atoms with E-state index in [1.807, 2.05) is 19.1 Å². The molecule has 2 aliphatic heterocycles. The number of para-hydroxylation sites is 1. The zero-order valence-corrected chi connectivity index (χ0v) is 18.0. The highest BCUT2D eigenvalue weighted by atomic mass is 32.2. The number of nitrogens with zero attached hydrogens (tertiary/aromatic N) is 2. The van der Waals surface area contributed by atoms with Gasteiger partial charge in [0.25, 0.3) is 10.0 Å². The van der Waals surface area contributed by atoms with E-state index in [-0.39, 0.29) is 22.4 Å². The third kappa shape index (κ3) is 3.03. The Morgan fingerprint density at radius 1 is 1.03 bits per heavy atom. The molecule has 0 spiro atoms. The molecular formula is C20H22N2O5S2. The summed E-state index contributed by atoms with van der Waals surface area (Å²) >= 11 is 0. The minimum atomic E-state index is -3.83. The fourth-order valence-electron chi connectivity index (χ4n) is 4.03. The first-order chi connectivity index (χ1) is 13.4. The minimum absolute atomic E-state index is 0.0492. The molecule has 2 aromatic carbocycles. The molecule has 2 heterocycles. The first-order valence-electron chi connectivity index (χ1n) is 9.25. The van der Waals surface area contributed by atoms with Gasteiger partial charge in [-0.15, -0.1) is 0 Å². The Hall–Kier alpha value is -2.39. The number of anilines is 2. The zero-order chi connectivity index (χ0) is 21.2. The lowest BCUT2D eigenvalue weighted by Crippen LogP contribution is -2.36. The highest BCUT2D eigenvalue weighted by molar-refractivity contribution is 7.94. The van der Waals surface area contributed by atoms with Crippen molar-refractivity contribution in [3.63, 3.8) is 0 Å². The summed E-state index contributed by atoms with van der Waals surface area (Å²) in [5, 5.41) is 0. The van der Waals surface area contributed by atoms with E-state index < -0.39 is 31.4 Å². The summed E-state index contributed by atoms with van der Waals surface area (Å²) in [6.45, 7) is 5.01. The van der Waals surface area contributed by atoms with Gasteiger partial charge in [-0.2, -0.15) is 0 Å². The van der Waals surface area contributed by atoms with Crippen LogP contribution in [0.3, 0.4) is 0 Å². The summed E-state index contributed by atoms with van der Waals surface area (Å²) in [5.41, 5.74) is 0.756. The van der Waals surface area contributed by atoms with E-state index in [1.165, 1.54) is 28.6 Å². The molecule has 1 amide bonds. The molecule has 2 aliphatic rings. The molecule has 0 radical (unpaired) electrons. The Morgan fingerprint density at radius 3 is 2.24 bits per heavy atom. The van der Waals surface area contributed by atoms with Crippen LogP contribution in [0.4, 0.5) is 11.4 Å². The molecule has 1 atom stereocenters. The minimum Gasteiger partial charge on any atom is -0.273 e. The number of carbonyl (C=O) groups excluding carboxylic acids is 1. The van der Waals surface area contributed by atoms with Crippen molar-refractivity contribution in [3.8, 4) is 0 Å². The second kappa shape index (κ2) is 6.30. The van der Waals surface area contributed by atoms with Gasteiger partial charge in [-0.25, -0.2) is 21.1 Å². The van der Waals surface area contributed by atoms with Crippen LogP contribution in [0.5, 0.6) is 0 Å². The maximum atomic E-state index is 13.3. The smallest absolute Gasteiger partial charge is 0.264 e. The van der Waals surface area contributed by atoms with E-state index in [9.17, 15) is 21.6 Å². The molecule has 1 saturated heterocycles. The van der Waals surface area contributed by atoms with Crippen LogP contribution in [0.2, 0.25) is 0 Å². The van der Waals surface area contributed by atoms with E-state index in [0.29, 0.717) is 12.1 Å². The molecular weight excluding hydrogens is 412 g/mol. The number of fused-ring (bicyclic) bond motifs is 1. The summed E-state index contributed by atoms with van der Waals surface area (Å²) in [5.74, 6) is -0.795. The largest absolute Gasteiger partial charge is 0.273 e. The predicted molar refractivity (Wildman–Crippen MR) is 111 cm³/mol. The van der Waals surface area contributed by atoms with Gasteiger partial charge in [-0.1, -0.05) is 18.2 Å². The quantitative estimate of drug-likeness (QED) is 0.740. The normalized spacial score (nSPS) is 22.7. The van der Waals surface area contributed by atoms with Gasteiger partial charge in [0.15, 0.2) is 0 Å². The number of hydrogen-bond acceptors (Lipinski definition) is 5. The Labute approximate surface area is 171 Å². The third-order valence-electron chi connectivity index (χ3n) is 5.36. The number of sulfonamides is 2. The van der Waals surface area contributed by atoms with Crippen molar-refractivity contribution in [3.05, 3.63) is 54.1 Å². The molecule has 0 aliphatic carbocycles. The van der Waals surface area contributed by atoms with E-state index in [4.69, 9.17) is 0 Å². The molecule has 2 aromatic rings. The predicted octanol–water partition coefficient (Wildman–Crippen LogP) is 2.53. The molecule has 1 unspecified atom stereocenters. The molecule has 154 valence electrons. The SMILES string of the molecule is CC1Cc2ccccc2N1S(=O)(=O)c1ccc(N2C(=O)C(C)(C)CS2(=O)=O)cc1. The van der Waals surface area contributed by atoms with Gasteiger partial charge in [0.2, 0.25) is 15.9 Å². The van der Waals surface area contributed by atoms with Gasteiger partial charge in [-0.05, 0) is 63.1 Å². The van der Waals surface area contributed by atoms with Crippen molar-refractivity contribution in [2.45, 2.75) is 38.1 Å². The van der Waals surface area contributed by atoms with Gasteiger partial charge in [0.05, 0.1) is 27.4 Å². The van der Waals surface area contributed by atoms with Crippen LogP contribution in [0.15, 0.2) is 53.4 Å². The lowest BCUT2D eigenvalue weighted by molar-refractivity contribution is -0.123. The summed E-state index contributed by atoms with van der Waals surface area (Å²) in [6.07, 6.45) is 0.628. The first-order valence-corrected chi connectivity index (χ1v) is 12.3. The number of carbonyl (C=O) groups is 1. The van der Waals surface area contributed by atoms with Crippen LogP contribution in [0.1, 0.15) is 26.3 Å². The highest BCUT2D eigenvalue weighted by Crippen LogP contribution is 2.38. The first kappa shape index (κ1) is 19.9. The van der Waals surface area contributed by atoms with Crippen molar-refractivity contribution in [2.75, 3.05) is 14.4 Å². The molecule has 0 N–H and O–H groups in total. The molecule has 0 aromatic heterocycles. The van der Waals surface area contributed by atoms with Crippen molar-refractivity contribution in [1.82, 2.24) is 0 Å². The second-order valence-electron chi connectivity index (χ2n) is 8.19. The monoisotopic (exact) mass is 434 g/mol. The van der Waals surface area contributed by atoms with Gasteiger partial charge in [0, 0.05) is 6.04 Å². The Balaban J connectivity index is 1.71. The van der Waals surface area contributed by atoms with Crippen LogP contribution in [-0.2, 0) is 31.3 Å². The molecule has 1 fully saturated rings. The number of benzene rings is 2. The fourth-order valence-corrected chi connectivity index (χ4v) is 7.83. The highest BCUT2D eigenvalue weighted by Gasteiger charge is 2.50. The van der Waals surface area contributed by atoms with E-state index in [1.54, 1.807) is 26.0 Å². The van der Waals surface area contributed by atoms with Crippen LogP contribution in [0.25, 0.3) is 0 Å². The second-order valence-corrected chi connectivity index (χ2v) is 11.8. The van der Waals surface area contributed by atoms with E-state index >= 15 is 0 Å². The van der Waals surface area contributed by atoms with E-state index in [2.05, 4.69) is 0 Å². The Bertz CT molecular complexity index is 1200. The summed E-state index contributed by atoms with van der Waals surface area (Å²) in [7, 11) is -7.61. The number of rotatable bonds is 3. The van der Waals surface area contributed by atoms with Gasteiger partial charge >= 0.3 is 0 Å². The van der Waals surface area contributed by atoms with Gasteiger partial charge < -0.3 is 0 Å². The van der Waals surface area contributed by atoms with Crippen LogP contribution in [0, 0.1) is 5.41 Å².